The Morgan fingerprint density at radius 2 is 2.10 bits per heavy atom. The normalized spacial score (nSPS) is 21.7. The summed E-state index contributed by atoms with van der Waals surface area (Å²) in [7, 11) is 3.64. The van der Waals surface area contributed by atoms with Crippen LogP contribution in [0.4, 0.5) is 0 Å². The van der Waals surface area contributed by atoms with Crippen molar-refractivity contribution in [2.24, 2.45) is 0 Å². The van der Waals surface area contributed by atoms with Gasteiger partial charge in [0.15, 0.2) is 0 Å². The van der Waals surface area contributed by atoms with Crippen molar-refractivity contribution in [3.8, 4) is 0 Å². The van der Waals surface area contributed by atoms with Crippen molar-refractivity contribution in [2.45, 2.75) is 25.6 Å². The van der Waals surface area contributed by atoms with Crippen molar-refractivity contribution < 1.29 is 9.53 Å². The molecule has 0 bridgehead atoms. The Morgan fingerprint density at radius 1 is 1.38 bits per heavy atom. The van der Waals surface area contributed by atoms with Gasteiger partial charge < -0.3 is 15.4 Å². The highest BCUT2D eigenvalue weighted by Crippen LogP contribution is 2.06. The molecule has 5 heteroatoms. The van der Waals surface area contributed by atoms with Gasteiger partial charge in [0, 0.05) is 26.7 Å². The first kappa shape index (κ1) is 15.9. The summed E-state index contributed by atoms with van der Waals surface area (Å²) >= 11 is 0. The van der Waals surface area contributed by atoms with E-state index in [0.717, 1.165) is 19.6 Å². The second-order valence-electron chi connectivity index (χ2n) is 5.76. The lowest BCUT2D eigenvalue weighted by atomic mass is 10.1. The molecule has 0 spiro atoms. The molecule has 0 unspecified atom stereocenters. The van der Waals surface area contributed by atoms with Crippen LogP contribution >= 0.6 is 0 Å². The minimum Gasteiger partial charge on any atom is -0.378 e. The van der Waals surface area contributed by atoms with E-state index in [9.17, 15) is 4.79 Å². The van der Waals surface area contributed by atoms with Gasteiger partial charge in [-0.1, -0.05) is 29.8 Å². The monoisotopic (exact) mass is 291 g/mol. The Labute approximate surface area is 126 Å². The van der Waals surface area contributed by atoms with Crippen molar-refractivity contribution in [3.63, 3.8) is 0 Å². The lowest BCUT2D eigenvalue weighted by Gasteiger charge is -2.21. The molecule has 5 nitrogen and oxygen atoms in total. The van der Waals surface area contributed by atoms with Crippen molar-refractivity contribution in [2.75, 3.05) is 33.8 Å². The zero-order valence-electron chi connectivity index (χ0n) is 13.1. The average Bonchev–Trinajstić information content (AvgIpc) is 2.88. The number of hydrogen-bond acceptors (Lipinski definition) is 4. The quantitative estimate of drug-likeness (QED) is 0.803. The maximum Gasteiger partial charge on any atom is 0.234 e. The maximum atomic E-state index is 12.1. The van der Waals surface area contributed by atoms with Crippen molar-refractivity contribution in [1.29, 1.82) is 0 Å². The summed E-state index contributed by atoms with van der Waals surface area (Å²) in [6.07, 6.45) is 0.0661. The first-order valence-corrected chi connectivity index (χ1v) is 7.35. The number of aryl methyl sites for hydroxylation is 1. The van der Waals surface area contributed by atoms with E-state index in [1.54, 1.807) is 7.11 Å². The zero-order valence-corrected chi connectivity index (χ0v) is 13.1. The van der Waals surface area contributed by atoms with E-state index in [2.05, 4.69) is 41.8 Å². The van der Waals surface area contributed by atoms with Crippen LogP contribution in [0.5, 0.6) is 0 Å². The standard InChI is InChI=1S/C16H25N3O2/c1-12-4-6-13(7-5-12)10-19(2)11-16(20)18-14-8-17-9-15(14)21-3/h4-7,14-15,17H,8-11H2,1-3H3,(H,18,20)/t14-,15-/m0/s1. The molecule has 1 aromatic rings. The van der Waals surface area contributed by atoms with Gasteiger partial charge in [0.2, 0.25) is 5.91 Å². The fourth-order valence-electron chi connectivity index (χ4n) is 2.61. The van der Waals surface area contributed by atoms with Gasteiger partial charge in [-0.3, -0.25) is 9.69 Å². The summed E-state index contributed by atoms with van der Waals surface area (Å²) in [4.78, 5) is 14.1. The summed E-state index contributed by atoms with van der Waals surface area (Å²) in [5, 5.41) is 6.26. The fourth-order valence-corrected chi connectivity index (χ4v) is 2.61. The molecule has 1 amide bonds. The third-order valence-electron chi connectivity index (χ3n) is 3.79. The van der Waals surface area contributed by atoms with Gasteiger partial charge in [0.1, 0.15) is 0 Å². The van der Waals surface area contributed by atoms with Crippen LogP contribution in [0.15, 0.2) is 24.3 Å². The Balaban J connectivity index is 1.78. The summed E-state index contributed by atoms with van der Waals surface area (Å²) < 4.78 is 5.35. The Kier molecular flexibility index (Phi) is 5.73. The average molecular weight is 291 g/mol. The number of nitrogens with zero attached hydrogens (tertiary/aromatic N) is 1. The van der Waals surface area contributed by atoms with Crippen LogP contribution in [0.2, 0.25) is 0 Å². The minimum atomic E-state index is 0.0420. The molecular weight excluding hydrogens is 266 g/mol. The largest absolute Gasteiger partial charge is 0.378 e. The molecule has 1 aliphatic heterocycles. The number of methoxy groups -OCH3 is 1. The van der Waals surface area contributed by atoms with E-state index in [1.807, 2.05) is 11.9 Å². The first-order valence-electron chi connectivity index (χ1n) is 7.35. The summed E-state index contributed by atoms with van der Waals surface area (Å²) in [6, 6.07) is 8.46. The van der Waals surface area contributed by atoms with Crippen molar-refractivity contribution >= 4 is 5.91 Å². The fraction of sp³-hybridized carbons (Fsp3) is 0.562. The molecule has 1 heterocycles. The van der Waals surface area contributed by atoms with Crippen molar-refractivity contribution in [3.05, 3.63) is 35.4 Å². The summed E-state index contributed by atoms with van der Waals surface area (Å²) in [6.45, 7) is 4.79. The number of rotatable bonds is 6. The number of amides is 1. The highest BCUT2D eigenvalue weighted by Gasteiger charge is 2.28. The van der Waals surface area contributed by atoms with Gasteiger partial charge in [-0.2, -0.15) is 0 Å². The van der Waals surface area contributed by atoms with E-state index in [1.165, 1.54) is 11.1 Å². The summed E-state index contributed by atoms with van der Waals surface area (Å²) in [5.74, 6) is 0.0420. The van der Waals surface area contributed by atoms with Crippen LogP contribution in [-0.4, -0.2) is 56.7 Å². The molecule has 2 atom stereocenters. The maximum absolute atomic E-state index is 12.1. The zero-order chi connectivity index (χ0) is 15.2. The number of hydrogen-bond donors (Lipinski definition) is 2. The molecule has 0 saturated carbocycles. The number of likely N-dealkylation sites (N-methyl/N-ethyl adjacent to an activating group) is 1. The smallest absolute Gasteiger partial charge is 0.234 e. The van der Waals surface area contributed by atoms with Crippen LogP contribution < -0.4 is 10.6 Å². The van der Waals surface area contributed by atoms with E-state index in [-0.39, 0.29) is 18.1 Å². The Morgan fingerprint density at radius 3 is 2.76 bits per heavy atom. The lowest BCUT2D eigenvalue weighted by Crippen LogP contribution is -2.46. The second-order valence-corrected chi connectivity index (χ2v) is 5.76. The Bertz CT molecular complexity index is 461. The van der Waals surface area contributed by atoms with E-state index < -0.39 is 0 Å². The molecule has 0 radical (unpaired) electrons. The Hall–Kier alpha value is -1.43. The van der Waals surface area contributed by atoms with Gasteiger partial charge in [0.25, 0.3) is 0 Å². The van der Waals surface area contributed by atoms with Crippen LogP contribution in [0.1, 0.15) is 11.1 Å². The number of benzene rings is 1. The highest BCUT2D eigenvalue weighted by molar-refractivity contribution is 5.78. The number of nitrogens with one attached hydrogen (secondary N) is 2. The lowest BCUT2D eigenvalue weighted by molar-refractivity contribution is -0.123. The molecule has 1 aromatic carbocycles. The van der Waals surface area contributed by atoms with Gasteiger partial charge in [-0.05, 0) is 19.5 Å². The number of carbonyl (C=O) groups excluding carboxylic acids is 1. The van der Waals surface area contributed by atoms with Crippen LogP contribution in [0.3, 0.4) is 0 Å². The van der Waals surface area contributed by atoms with E-state index in [4.69, 9.17) is 4.74 Å². The number of ether oxygens (including phenoxy) is 1. The third-order valence-corrected chi connectivity index (χ3v) is 3.79. The molecule has 1 saturated heterocycles. The topological polar surface area (TPSA) is 53.6 Å². The van der Waals surface area contributed by atoms with Crippen molar-refractivity contribution in [1.82, 2.24) is 15.5 Å². The minimum absolute atomic E-state index is 0.0420. The number of carbonyl (C=O) groups is 1. The summed E-state index contributed by atoms with van der Waals surface area (Å²) in [5.41, 5.74) is 2.46. The SMILES string of the molecule is CO[C@H]1CNC[C@@H]1NC(=O)CN(C)Cc1ccc(C)cc1. The van der Waals surface area contributed by atoms with Crippen LogP contribution in [0, 0.1) is 6.92 Å². The highest BCUT2D eigenvalue weighted by atomic mass is 16.5. The van der Waals surface area contributed by atoms with Gasteiger partial charge in [-0.25, -0.2) is 0 Å². The predicted molar refractivity (Wildman–Crippen MR) is 83.1 cm³/mol. The first-order chi connectivity index (χ1) is 10.1. The molecular formula is C16H25N3O2. The molecule has 2 N–H and O–H groups in total. The van der Waals surface area contributed by atoms with E-state index in [0.29, 0.717) is 6.54 Å². The van der Waals surface area contributed by atoms with Crippen LogP contribution in [0.25, 0.3) is 0 Å². The molecule has 21 heavy (non-hydrogen) atoms. The van der Waals surface area contributed by atoms with Gasteiger partial charge in [-0.15, -0.1) is 0 Å². The third kappa shape index (κ3) is 4.81. The van der Waals surface area contributed by atoms with Gasteiger partial charge in [0.05, 0.1) is 18.7 Å². The molecule has 116 valence electrons. The second kappa shape index (κ2) is 7.54. The van der Waals surface area contributed by atoms with Crippen LogP contribution in [-0.2, 0) is 16.1 Å². The van der Waals surface area contributed by atoms with E-state index >= 15 is 0 Å². The molecule has 0 aliphatic carbocycles. The molecule has 0 aromatic heterocycles. The van der Waals surface area contributed by atoms with Gasteiger partial charge >= 0.3 is 0 Å². The molecule has 1 aliphatic rings. The predicted octanol–water partition coefficient (Wildman–Crippen LogP) is 0.530. The molecule has 2 rings (SSSR count). The molecule has 1 fully saturated rings.